The van der Waals surface area contributed by atoms with Crippen LogP contribution in [0, 0.1) is 0 Å². The first-order valence-electron chi connectivity index (χ1n) is 2.20. The molecular formula is C5H3Cl2NO. The molecule has 0 spiro atoms. The zero-order valence-corrected chi connectivity index (χ0v) is 5.82. The Morgan fingerprint density at radius 2 is 2.00 bits per heavy atom. The molecule has 0 bridgehead atoms. The summed E-state index contributed by atoms with van der Waals surface area (Å²) in [6, 6.07) is 0. The van der Waals surface area contributed by atoms with Crippen LogP contribution in [0.15, 0.2) is 12.4 Å². The minimum Gasteiger partial charge on any atom is -0.505 e. The van der Waals surface area contributed by atoms with E-state index < -0.39 is 0 Å². The monoisotopic (exact) mass is 163 g/mol. The fourth-order valence-electron chi connectivity index (χ4n) is 0.409. The molecule has 0 atom stereocenters. The summed E-state index contributed by atoms with van der Waals surface area (Å²) in [5.74, 6) is -0.0934. The molecule has 1 heterocycles. The van der Waals surface area contributed by atoms with Crippen LogP contribution >= 0.6 is 23.2 Å². The molecule has 0 radical (unpaired) electrons. The first-order chi connectivity index (χ1) is 4.22. The lowest BCUT2D eigenvalue weighted by atomic mass is 10.5. The van der Waals surface area contributed by atoms with Gasteiger partial charge in [-0.25, -0.2) is 0 Å². The average molecular weight is 164 g/mol. The van der Waals surface area contributed by atoms with E-state index in [4.69, 9.17) is 28.3 Å². The van der Waals surface area contributed by atoms with Gasteiger partial charge in [-0.15, -0.1) is 0 Å². The molecule has 1 aromatic rings. The Labute approximate surface area is 62.1 Å². The quantitative estimate of drug-likeness (QED) is 0.636. The van der Waals surface area contributed by atoms with Crippen LogP contribution in [-0.2, 0) is 0 Å². The van der Waals surface area contributed by atoms with Crippen molar-refractivity contribution in [2.75, 3.05) is 0 Å². The van der Waals surface area contributed by atoms with E-state index >= 15 is 0 Å². The van der Waals surface area contributed by atoms with E-state index in [2.05, 4.69) is 4.98 Å². The summed E-state index contributed by atoms with van der Waals surface area (Å²) < 4.78 is 0. The third-order valence-electron chi connectivity index (χ3n) is 0.819. The number of nitrogens with zero attached hydrogens (tertiary/aromatic N) is 1. The average Bonchev–Trinajstić information content (AvgIpc) is 1.83. The van der Waals surface area contributed by atoms with Crippen LogP contribution in [0.4, 0.5) is 0 Å². The maximum Gasteiger partial charge on any atom is 0.153 e. The number of hydrogen-bond donors (Lipinski definition) is 1. The fraction of sp³-hybridized carbons (Fsp3) is 0. The summed E-state index contributed by atoms with van der Waals surface area (Å²) in [4.78, 5) is 3.58. The number of aromatic nitrogens is 1. The molecule has 0 aliphatic heterocycles. The summed E-state index contributed by atoms with van der Waals surface area (Å²) >= 11 is 10.9. The van der Waals surface area contributed by atoms with Crippen LogP contribution in [-0.4, -0.2) is 10.1 Å². The van der Waals surface area contributed by atoms with Crippen molar-refractivity contribution in [1.82, 2.24) is 4.98 Å². The van der Waals surface area contributed by atoms with Crippen molar-refractivity contribution < 1.29 is 5.11 Å². The Kier molecular flexibility index (Phi) is 1.78. The molecule has 9 heavy (non-hydrogen) atoms. The lowest BCUT2D eigenvalue weighted by molar-refractivity contribution is 0.473. The molecule has 48 valence electrons. The number of halogens is 2. The molecule has 1 rings (SSSR count). The van der Waals surface area contributed by atoms with Gasteiger partial charge in [0.1, 0.15) is 5.02 Å². The van der Waals surface area contributed by atoms with E-state index in [1.165, 1.54) is 12.4 Å². The van der Waals surface area contributed by atoms with Gasteiger partial charge in [0.25, 0.3) is 0 Å². The van der Waals surface area contributed by atoms with Gasteiger partial charge in [-0.1, -0.05) is 23.2 Å². The molecular weight excluding hydrogens is 161 g/mol. The lowest BCUT2D eigenvalue weighted by Gasteiger charge is -1.94. The molecule has 0 aliphatic rings. The van der Waals surface area contributed by atoms with E-state index in [1.807, 2.05) is 0 Å². The Balaban J connectivity index is 3.25. The standard InChI is InChI=1S/C5H3Cl2NO/c6-3-1-8-2-4(9)5(3)7/h1-2,9H. The van der Waals surface area contributed by atoms with Crippen molar-refractivity contribution in [3.05, 3.63) is 22.4 Å². The molecule has 0 amide bonds. The largest absolute Gasteiger partial charge is 0.505 e. The summed E-state index contributed by atoms with van der Waals surface area (Å²) in [5.41, 5.74) is 0. The Hall–Kier alpha value is -0.470. The van der Waals surface area contributed by atoms with Gasteiger partial charge < -0.3 is 5.11 Å². The minimum atomic E-state index is -0.0934. The van der Waals surface area contributed by atoms with Gasteiger partial charge in [0.15, 0.2) is 5.75 Å². The van der Waals surface area contributed by atoms with Gasteiger partial charge in [-0.05, 0) is 0 Å². The topological polar surface area (TPSA) is 33.1 Å². The summed E-state index contributed by atoms with van der Waals surface area (Å²) in [6.07, 6.45) is 2.60. The van der Waals surface area contributed by atoms with Crippen LogP contribution in [0.3, 0.4) is 0 Å². The van der Waals surface area contributed by atoms with E-state index in [1.54, 1.807) is 0 Å². The second kappa shape index (κ2) is 2.42. The zero-order chi connectivity index (χ0) is 6.85. The first-order valence-corrected chi connectivity index (χ1v) is 2.95. The van der Waals surface area contributed by atoms with Crippen molar-refractivity contribution in [2.45, 2.75) is 0 Å². The molecule has 0 fully saturated rings. The smallest absolute Gasteiger partial charge is 0.153 e. The third kappa shape index (κ3) is 1.26. The van der Waals surface area contributed by atoms with Gasteiger partial charge in [0.05, 0.1) is 11.2 Å². The van der Waals surface area contributed by atoms with Gasteiger partial charge in [0, 0.05) is 6.20 Å². The molecule has 0 unspecified atom stereocenters. The highest BCUT2D eigenvalue weighted by Gasteiger charge is 2.00. The van der Waals surface area contributed by atoms with Crippen molar-refractivity contribution in [1.29, 1.82) is 0 Å². The Morgan fingerprint density at radius 3 is 2.44 bits per heavy atom. The van der Waals surface area contributed by atoms with Crippen LogP contribution < -0.4 is 0 Å². The van der Waals surface area contributed by atoms with Gasteiger partial charge >= 0.3 is 0 Å². The number of pyridine rings is 1. The summed E-state index contributed by atoms with van der Waals surface area (Å²) in [6.45, 7) is 0. The van der Waals surface area contributed by atoms with Crippen molar-refractivity contribution >= 4 is 23.2 Å². The Bertz CT molecular complexity index is 206. The van der Waals surface area contributed by atoms with E-state index in [9.17, 15) is 0 Å². The highest BCUT2D eigenvalue weighted by Crippen LogP contribution is 2.28. The molecule has 0 saturated carbocycles. The molecule has 1 N–H and O–H groups in total. The number of aromatic hydroxyl groups is 1. The maximum atomic E-state index is 8.82. The number of hydrogen-bond acceptors (Lipinski definition) is 2. The SMILES string of the molecule is Oc1cncc(Cl)c1Cl. The summed E-state index contributed by atoms with van der Waals surface area (Å²) in [7, 11) is 0. The van der Waals surface area contributed by atoms with Crippen LogP contribution in [0.2, 0.25) is 10.0 Å². The van der Waals surface area contributed by atoms with Crippen molar-refractivity contribution in [2.24, 2.45) is 0 Å². The highest BCUT2D eigenvalue weighted by molar-refractivity contribution is 6.42. The normalized spacial score (nSPS) is 9.56. The van der Waals surface area contributed by atoms with Gasteiger partial charge in [0.2, 0.25) is 0 Å². The van der Waals surface area contributed by atoms with E-state index in [0.29, 0.717) is 0 Å². The molecule has 0 saturated heterocycles. The summed E-state index contributed by atoms with van der Waals surface area (Å²) in [5, 5.41) is 9.23. The van der Waals surface area contributed by atoms with E-state index in [0.717, 1.165) is 0 Å². The Morgan fingerprint density at radius 1 is 1.33 bits per heavy atom. The molecule has 1 aromatic heterocycles. The van der Waals surface area contributed by atoms with Crippen LogP contribution in [0.25, 0.3) is 0 Å². The zero-order valence-electron chi connectivity index (χ0n) is 4.31. The van der Waals surface area contributed by atoms with E-state index in [-0.39, 0.29) is 15.8 Å². The molecule has 2 nitrogen and oxygen atoms in total. The minimum absolute atomic E-state index is 0.0934. The van der Waals surface area contributed by atoms with Crippen molar-refractivity contribution in [3.63, 3.8) is 0 Å². The molecule has 0 aliphatic carbocycles. The van der Waals surface area contributed by atoms with Crippen LogP contribution in [0.5, 0.6) is 5.75 Å². The predicted octanol–water partition coefficient (Wildman–Crippen LogP) is 2.09. The lowest BCUT2D eigenvalue weighted by Crippen LogP contribution is -1.73. The second-order valence-corrected chi connectivity index (χ2v) is 2.24. The third-order valence-corrected chi connectivity index (χ3v) is 1.60. The maximum absolute atomic E-state index is 8.82. The first kappa shape index (κ1) is 6.65. The highest BCUT2D eigenvalue weighted by atomic mass is 35.5. The molecule has 0 aromatic carbocycles. The number of rotatable bonds is 0. The van der Waals surface area contributed by atoms with Crippen LogP contribution in [0.1, 0.15) is 0 Å². The second-order valence-electron chi connectivity index (χ2n) is 1.45. The predicted molar refractivity (Wildman–Crippen MR) is 35.9 cm³/mol. The van der Waals surface area contributed by atoms with Crippen molar-refractivity contribution in [3.8, 4) is 5.75 Å². The van der Waals surface area contributed by atoms with Gasteiger partial charge in [-0.2, -0.15) is 0 Å². The molecule has 4 heteroatoms. The van der Waals surface area contributed by atoms with Gasteiger partial charge in [-0.3, -0.25) is 4.98 Å². The fourth-order valence-corrected chi connectivity index (χ4v) is 0.660.